The number of H-pyrrole nitrogens is 1. The van der Waals surface area contributed by atoms with Gasteiger partial charge in [-0.05, 0) is 37.8 Å². The molecule has 1 heterocycles. The number of fused-ring (bicyclic) bond motifs is 1. The number of nitrogens with one attached hydrogen (secondary N) is 1. The first-order valence-electron chi connectivity index (χ1n) is 6.61. The van der Waals surface area contributed by atoms with E-state index in [-0.39, 0.29) is 6.10 Å². The van der Waals surface area contributed by atoms with Crippen molar-refractivity contribution < 1.29 is 9.90 Å². The first kappa shape index (κ1) is 12.2. The van der Waals surface area contributed by atoms with Crippen molar-refractivity contribution in [3.63, 3.8) is 0 Å². The van der Waals surface area contributed by atoms with E-state index in [0.29, 0.717) is 17.0 Å². The molecule has 4 N–H and O–H groups in total. The summed E-state index contributed by atoms with van der Waals surface area (Å²) in [4.78, 5) is 19.2. The molecule has 0 radical (unpaired) electrons. The van der Waals surface area contributed by atoms with Crippen molar-refractivity contribution in [3.05, 3.63) is 29.6 Å². The molecule has 1 aromatic heterocycles. The maximum Gasteiger partial charge on any atom is 0.250 e. The number of amides is 1. The Morgan fingerprint density at radius 2 is 2.05 bits per heavy atom. The smallest absolute Gasteiger partial charge is 0.250 e. The fraction of sp³-hybridized carbons (Fsp3) is 0.429. The van der Waals surface area contributed by atoms with Crippen molar-refractivity contribution >= 4 is 16.9 Å². The molecule has 2 aromatic rings. The van der Waals surface area contributed by atoms with E-state index in [9.17, 15) is 9.90 Å². The van der Waals surface area contributed by atoms with E-state index in [2.05, 4.69) is 9.97 Å². The third-order valence-corrected chi connectivity index (χ3v) is 3.88. The molecule has 100 valence electrons. The molecule has 0 unspecified atom stereocenters. The van der Waals surface area contributed by atoms with E-state index >= 15 is 0 Å². The van der Waals surface area contributed by atoms with E-state index in [1.165, 1.54) is 0 Å². The molecule has 0 aliphatic heterocycles. The molecule has 1 aromatic carbocycles. The standard InChI is InChI=1S/C14H17N3O2/c15-13(19)10-2-1-3-11-12(10)17-14(16-11)8-4-6-9(18)7-5-8/h1-3,8-9,18H,4-7H2,(H2,15,19)(H,16,17). The third-order valence-electron chi connectivity index (χ3n) is 3.88. The van der Waals surface area contributed by atoms with Crippen molar-refractivity contribution in [1.29, 1.82) is 0 Å². The zero-order valence-corrected chi connectivity index (χ0v) is 10.6. The molecule has 0 spiro atoms. The summed E-state index contributed by atoms with van der Waals surface area (Å²) in [5.74, 6) is 0.773. The van der Waals surface area contributed by atoms with E-state index in [0.717, 1.165) is 37.0 Å². The largest absolute Gasteiger partial charge is 0.393 e. The van der Waals surface area contributed by atoms with Gasteiger partial charge in [0.25, 0.3) is 5.91 Å². The van der Waals surface area contributed by atoms with Crippen LogP contribution in [0.15, 0.2) is 18.2 Å². The highest BCUT2D eigenvalue weighted by Crippen LogP contribution is 2.32. The maximum absolute atomic E-state index is 11.4. The number of aliphatic hydroxyl groups excluding tert-OH is 1. The fourth-order valence-electron chi connectivity index (χ4n) is 2.79. The zero-order chi connectivity index (χ0) is 13.4. The van der Waals surface area contributed by atoms with Gasteiger partial charge >= 0.3 is 0 Å². The van der Waals surface area contributed by atoms with Gasteiger partial charge in [-0.15, -0.1) is 0 Å². The molecule has 3 rings (SSSR count). The Kier molecular flexibility index (Phi) is 2.98. The number of imidazole rings is 1. The van der Waals surface area contributed by atoms with Crippen LogP contribution in [0.25, 0.3) is 11.0 Å². The minimum absolute atomic E-state index is 0.179. The normalized spacial score (nSPS) is 23.6. The van der Waals surface area contributed by atoms with Crippen molar-refractivity contribution in [3.8, 4) is 0 Å². The molecule has 0 atom stereocenters. The third kappa shape index (κ3) is 2.21. The molecule has 1 saturated carbocycles. The predicted molar refractivity (Wildman–Crippen MR) is 71.8 cm³/mol. The number of nitrogens with zero attached hydrogens (tertiary/aromatic N) is 1. The van der Waals surface area contributed by atoms with E-state index in [1.54, 1.807) is 12.1 Å². The highest BCUT2D eigenvalue weighted by molar-refractivity contribution is 6.04. The average Bonchev–Trinajstić information content (AvgIpc) is 2.82. The van der Waals surface area contributed by atoms with Gasteiger partial charge in [-0.3, -0.25) is 4.79 Å². The van der Waals surface area contributed by atoms with Gasteiger partial charge in [0.05, 0.1) is 17.2 Å². The number of carbonyl (C=O) groups excluding carboxylic acids is 1. The van der Waals surface area contributed by atoms with Crippen LogP contribution in [0, 0.1) is 0 Å². The second kappa shape index (κ2) is 4.66. The lowest BCUT2D eigenvalue weighted by Gasteiger charge is -2.23. The Morgan fingerprint density at radius 3 is 2.74 bits per heavy atom. The monoisotopic (exact) mass is 259 g/mol. The lowest BCUT2D eigenvalue weighted by molar-refractivity contribution is 0.100. The van der Waals surface area contributed by atoms with Crippen LogP contribution in [0.1, 0.15) is 47.8 Å². The molecule has 19 heavy (non-hydrogen) atoms. The fourth-order valence-corrected chi connectivity index (χ4v) is 2.79. The summed E-state index contributed by atoms with van der Waals surface area (Å²) in [5.41, 5.74) is 7.31. The zero-order valence-electron chi connectivity index (χ0n) is 10.6. The van der Waals surface area contributed by atoms with Crippen LogP contribution < -0.4 is 5.73 Å². The van der Waals surface area contributed by atoms with Crippen LogP contribution in [0.2, 0.25) is 0 Å². The SMILES string of the molecule is NC(=O)c1cccc2[nH]c(C3CCC(O)CC3)nc12. The number of aliphatic hydroxyl groups is 1. The summed E-state index contributed by atoms with van der Waals surface area (Å²) in [6.07, 6.45) is 3.29. The summed E-state index contributed by atoms with van der Waals surface area (Å²) < 4.78 is 0. The van der Waals surface area contributed by atoms with Crippen LogP contribution in [-0.2, 0) is 0 Å². The predicted octanol–water partition coefficient (Wildman–Crippen LogP) is 1.68. The van der Waals surface area contributed by atoms with Crippen LogP contribution in [0.3, 0.4) is 0 Å². The van der Waals surface area contributed by atoms with Crippen LogP contribution in [0.4, 0.5) is 0 Å². The summed E-state index contributed by atoms with van der Waals surface area (Å²) in [6.45, 7) is 0. The summed E-state index contributed by atoms with van der Waals surface area (Å²) in [6, 6.07) is 5.39. The Balaban J connectivity index is 1.98. The first-order chi connectivity index (χ1) is 9.15. The van der Waals surface area contributed by atoms with E-state index in [4.69, 9.17) is 5.73 Å². The number of aromatic nitrogens is 2. The summed E-state index contributed by atoms with van der Waals surface area (Å²) >= 11 is 0. The van der Waals surface area contributed by atoms with Crippen LogP contribution in [-0.4, -0.2) is 27.1 Å². The number of hydrogen-bond acceptors (Lipinski definition) is 3. The summed E-state index contributed by atoms with van der Waals surface area (Å²) in [7, 11) is 0. The quantitative estimate of drug-likeness (QED) is 0.766. The topological polar surface area (TPSA) is 92.0 Å². The Bertz CT molecular complexity index is 612. The molecule has 1 aliphatic carbocycles. The van der Waals surface area contributed by atoms with Gasteiger partial charge in [-0.1, -0.05) is 6.07 Å². The number of para-hydroxylation sites is 1. The molecule has 5 heteroatoms. The number of nitrogens with two attached hydrogens (primary N) is 1. The highest BCUT2D eigenvalue weighted by Gasteiger charge is 2.23. The van der Waals surface area contributed by atoms with Gasteiger partial charge < -0.3 is 15.8 Å². The van der Waals surface area contributed by atoms with Gasteiger partial charge in [0.15, 0.2) is 0 Å². The second-order valence-electron chi connectivity index (χ2n) is 5.19. The molecular formula is C14H17N3O2. The Morgan fingerprint density at radius 1 is 1.32 bits per heavy atom. The highest BCUT2D eigenvalue weighted by atomic mass is 16.3. The number of aromatic amines is 1. The Labute approximate surface area is 110 Å². The van der Waals surface area contributed by atoms with Crippen LogP contribution in [0.5, 0.6) is 0 Å². The van der Waals surface area contributed by atoms with Gasteiger partial charge in [0.2, 0.25) is 0 Å². The molecule has 0 bridgehead atoms. The number of rotatable bonds is 2. The van der Waals surface area contributed by atoms with Crippen molar-refractivity contribution in [1.82, 2.24) is 9.97 Å². The average molecular weight is 259 g/mol. The van der Waals surface area contributed by atoms with Gasteiger partial charge in [-0.2, -0.15) is 0 Å². The number of primary amides is 1. The van der Waals surface area contributed by atoms with Crippen molar-refractivity contribution in [2.24, 2.45) is 5.73 Å². The molecule has 1 aliphatic rings. The van der Waals surface area contributed by atoms with Gasteiger partial charge in [0, 0.05) is 5.92 Å². The second-order valence-corrected chi connectivity index (χ2v) is 5.19. The summed E-state index contributed by atoms with van der Waals surface area (Å²) in [5, 5.41) is 9.54. The minimum atomic E-state index is -0.456. The number of hydrogen-bond donors (Lipinski definition) is 3. The molecular weight excluding hydrogens is 242 g/mol. The Hall–Kier alpha value is -1.88. The van der Waals surface area contributed by atoms with E-state index < -0.39 is 5.91 Å². The number of benzene rings is 1. The molecule has 0 saturated heterocycles. The van der Waals surface area contributed by atoms with E-state index in [1.807, 2.05) is 6.07 Å². The molecule has 1 amide bonds. The first-order valence-corrected chi connectivity index (χ1v) is 6.61. The van der Waals surface area contributed by atoms with Gasteiger partial charge in [0.1, 0.15) is 11.3 Å². The number of carbonyl (C=O) groups is 1. The molecule has 1 fully saturated rings. The lowest BCUT2D eigenvalue weighted by atomic mass is 9.87. The van der Waals surface area contributed by atoms with Crippen molar-refractivity contribution in [2.75, 3.05) is 0 Å². The minimum Gasteiger partial charge on any atom is -0.393 e. The lowest BCUT2D eigenvalue weighted by Crippen LogP contribution is -2.17. The van der Waals surface area contributed by atoms with Crippen LogP contribution >= 0.6 is 0 Å². The van der Waals surface area contributed by atoms with Gasteiger partial charge in [-0.25, -0.2) is 4.98 Å². The maximum atomic E-state index is 11.4. The molecule has 5 nitrogen and oxygen atoms in total. The van der Waals surface area contributed by atoms with Crippen molar-refractivity contribution in [2.45, 2.75) is 37.7 Å².